The van der Waals surface area contributed by atoms with Gasteiger partial charge in [0.05, 0.1) is 6.61 Å². The van der Waals surface area contributed by atoms with Crippen molar-refractivity contribution in [2.75, 3.05) is 25.0 Å². The summed E-state index contributed by atoms with van der Waals surface area (Å²) in [4.78, 5) is 25.5. The Bertz CT molecular complexity index is 478. The fourth-order valence-corrected chi connectivity index (χ4v) is 2.24. The van der Waals surface area contributed by atoms with E-state index in [-0.39, 0.29) is 13.2 Å². The van der Waals surface area contributed by atoms with Crippen molar-refractivity contribution >= 4 is 17.5 Å². The van der Waals surface area contributed by atoms with Crippen molar-refractivity contribution in [3.05, 3.63) is 29.3 Å². The van der Waals surface area contributed by atoms with Gasteiger partial charge in [-0.3, -0.25) is 9.59 Å². The van der Waals surface area contributed by atoms with E-state index in [2.05, 4.69) is 5.32 Å². The molecule has 5 heteroatoms. The lowest BCUT2D eigenvalue weighted by atomic mass is 10.0. The molecule has 0 aliphatic rings. The van der Waals surface area contributed by atoms with Crippen LogP contribution in [0.5, 0.6) is 0 Å². The van der Waals surface area contributed by atoms with Crippen LogP contribution in [0.1, 0.15) is 31.9 Å². The second-order valence-corrected chi connectivity index (χ2v) is 4.72. The zero-order valence-electron chi connectivity index (χ0n) is 13.0. The van der Waals surface area contributed by atoms with Crippen LogP contribution in [0.25, 0.3) is 0 Å². The highest BCUT2D eigenvalue weighted by atomic mass is 16.3. The van der Waals surface area contributed by atoms with E-state index in [4.69, 9.17) is 5.11 Å². The van der Waals surface area contributed by atoms with Crippen LogP contribution < -0.4 is 5.32 Å². The number of aryl methyl sites for hydroxylation is 2. The number of para-hydroxylation sites is 1. The minimum Gasteiger partial charge on any atom is -0.395 e. The molecule has 0 saturated heterocycles. The molecule has 21 heavy (non-hydrogen) atoms. The molecule has 0 atom stereocenters. The van der Waals surface area contributed by atoms with E-state index in [1.165, 1.54) is 4.90 Å². The number of hydrogen-bond acceptors (Lipinski definition) is 3. The number of nitrogens with one attached hydrogen (secondary N) is 1. The fourth-order valence-electron chi connectivity index (χ4n) is 2.24. The first-order valence-corrected chi connectivity index (χ1v) is 7.40. The molecule has 0 aliphatic carbocycles. The van der Waals surface area contributed by atoms with Crippen molar-refractivity contribution in [3.63, 3.8) is 0 Å². The lowest BCUT2D eigenvalue weighted by Gasteiger charge is -2.20. The second kappa shape index (κ2) is 8.42. The molecular formula is C16H24N2O3. The maximum Gasteiger partial charge on any atom is 0.313 e. The Morgan fingerprint density at radius 3 is 2.14 bits per heavy atom. The third-order valence-electron chi connectivity index (χ3n) is 3.47. The first-order chi connectivity index (χ1) is 10.1. The number of hydrogen-bond donors (Lipinski definition) is 2. The normalized spacial score (nSPS) is 10.3. The van der Waals surface area contributed by atoms with Crippen molar-refractivity contribution < 1.29 is 14.7 Å². The number of anilines is 1. The average molecular weight is 292 g/mol. The Hall–Kier alpha value is -1.88. The monoisotopic (exact) mass is 292 g/mol. The van der Waals surface area contributed by atoms with Crippen LogP contribution >= 0.6 is 0 Å². The molecule has 0 bridgehead atoms. The van der Waals surface area contributed by atoms with Crippen molar-refractivity contribution in [1.82, 2.24) is 4.90 Å². The lowest BCUT2D eigenvalue weighted by molar-refractivity contribution is -0.143. The van der Waals surface area contributed by atoms with Gasteiger partial charge in [-0.05, 0) is 30.9 Å². The Balaban J connectivity index is 2.95. The van der Waals surface area contributed by atoms with Gasteiger partial charge in [0, 0.05) is 18.8 Å². The van der Waals surface area contributed by atoms with Crippen LogP contribution in [0.3, 0.4) is 0 Å². The molecule has 0 aromatic heterocycles. The first kappa shape index (κ1) is 17.2. The average Bonchev–Trinajstić information content (AvgIpc) is 2.51. The lowest BCUT2D eigenvalue weighted by Crippen LogP contribution is -2.41. The zero-order chi connectivity index (χ0) is 15.8. The van der Waals surface area contributed by atoms with Crippen molar-refractivity contribution in [2.24, 2.45) is 0 Å². The third kappa shape index (κ3) is 4.29. The van der Waals surface area contributed by atoms with Gasteiger partial charge in [-0.2, -0.15) is 0 Å². The number of rotatable bonds is 6. The van der Waals surface area contributed by atoms with Gasteiger partial charge in [0.1, 0.15) is 0 Å². The van der Waals surface area contributed by atoms with E-state index in [1.54, 1.807) is 6.92 Å². The predicted molar refractivity (Wildman–Crippen MR) is 83.2 cm³/mol. The van der Waals surface area contributed by atoms with Crippen LogP contribution in [0.4, 0.5) is 5.69 Å². The van der Waals surface area contributed by atoms with Gasteiger partial charge in [-0.15, -0.1) is 0 Å². The summed E-state index contributed by atoms with van der Waals surface area (Å²) in [5.74, 6) is -1.26. The molecule has 2 N–H and O–H groups in total. The zero-order valence-corrected chi connectivity index (χ0v) is 13.0. The molecule has 0 radical (unpaired) electrons. The molecule has 0 fully saturated rings. The van der Waals surface area contributed by atoms with Gasteiger partial charge in [-0.1, -0.05) is 32.0 Å². The molecule has 1 aromatic carbocycles. The van der Waals surface area contributed by atoms with Crippen molar-refractivity contribution in [1.29, 1.82) is 0 Å². The van der Waals surface area contributed by atoms with Crippen LogP contribution in [0, 0.1) is 0 Å². The highest BCUT2D eigenvalue weighted by Gasteiger charge is 2.21. The quantitative estimate of drug-likeness (QED) is 0.782. The maximum absolute atomic E-state index is 12.1. The van der Waals surface area contributed by atoms with Crippen molar-refractivity contribution in [2.45, 2.75) is 33.6 Å². The first-order valence-electron chi connectivity index (χ1n) is 7.40. The number of likely N-dealkylation sites (N-methyl/N-ethyl adjacent to an activating group) is 1. The van der Waals surface area contributed by atoms with E-state index in [0.717, 1.165) is 29.7 Å². The van der Waals surface area contributed by atoms with Crippen molar-refractivity contribution in [3.8, 4) is 0 Å². The number of benzene rings is 1. The minimum atomic E-state index is -0.652. The smallest absolute Gasteiger partial charge is 0.313 e. The van der Waals surface area contributed by atoms with Gasteiger partial charge in [-0.25, -0.2) is 0 Å². The SMILES string of the molecule is CCc1cccc(CC)c1NC(=O)C(=O)N(CC)CCO. The predicted octanol–water partition coefficient (Wildman–Crippen LogP) is 1.59. The summed E-state index contributed by atoms with van der Waals surface area (Å²) in [7, 11) is 0. The van der Waals surface area contributed by atoms with Gasteiger partial charge in [0.2, 0.25) is 0 Å². The third-order valence-corrected chi connectivity index (χ3v) is 3.47. The number of aliphatic hydroxyl groups excluding tert-OH is 1. The molecule has 116 valence electrons. The van der Waals surface area contributed by atoms with Gasteiger partial charge in [0.25, 0.3) is 0 Å². The molecule has 0 spiro atoms. The maximum atomic E-state index is 12.1. The highest BCUT2D eigenvalue weighted by molar-refractivity contribution is 6.39. The second-order valence-electron chi connectivity index (χ2n) is 4.72. The molecule has 0 heterocycles. The van der Waals surface area contributed by atoms with E-state index in [9.17, 15) is 9.59 Å². The molecule has 0 aliphatic heterocycles. The fraction of sp³-hybridized carbons (Fsp3) is 0.500. The minimum absolute atomic E-state index is 0.154. The molecule has 1 aromatic rings. The summed E-state index contributed by atoms with van der Waals surface area (Å²) in [6, 6.07) is 5.86. The van der Waals surface area contributed by atoms with Crippen LogP contribution in [-0.4, -0.2) is 41.5 Å². The van der Waals surface area contributed by atoms with E-state index < -0.39 is 11.8 Å². The van der Waals surface area contributed by atoms with Crippen LogP contribution in [0.15, 0.2) is 18.2 Å². The summed E-state index contributed by atoms with van der Waals surface area (Å²) < 4.78 is 0. The number of aliphatic hydroxyl groups is 1. The summed E-state index contributed by atoms with van der Waals surface area (Å²) in [6.45, 7) is 6.20. The molecule has 0 saturated carbocycles. The van der Waals surface area contributed by atoms with E-state index in [1.807, 2.05) is 32.0 Å². The van der Waals surface area contributed by atoms with Gasteiger partial charge >= 0.3 is 11.8 Å². The number of carbonyl (C=O) groups is 2. The van der Waals surface area contributed by atoms with Crippen LogP contribution in [0.2, 0.25) is 0 Å². The number of nitrogens with zero attached hydrogens (tertiary/aromatic N) is 1. The van der Waals surface area contributed by atoms with E-state index >= 15 is 0 Å². The Labute approximate surface area is 126 Å². The molecule has 5 nitrogen and oxygen atoms in total. The summed E-state index contributed by atoms with van der Waals surface area (Å²) in [5, 5.41) is 11.7. The van der Waals surface area contributed by atoms with Crippen LogP contribution in [-0.2, 0) is 22.4 Å². The topological polar surface area (TPSA) is 69.6 Å². The Morgan fingerprint density at radius 1 is 1.14 bits per heavy atom. The largest absolute Gasteiger partial charge is 0.395 e. The summed E-state index contributed by atoms with van der Waals surface area (Å²) in [5.41, 5.74) is 2.77. The van der Waals surface area contributed by atoms with Gasteiger partial charge < -0.3 is 15.3 Å². The highest BCUT2D eigenvalue weighted by Crippen LogP contribution is 2.22. The molecular weight excluding hydrogens is 268 g/mol. The summed E-state index contributed by atoms with van der Waals surface area (Å²) >= 11 is 0. The van der Waals surface area contributed by atoms with Gasteiger partial charge in [0.15, 0.2) is 0 Å². The molecule has 0 unspecified atom stereocenters. The number of amides is 2. The molecule has 1 rings (SSSR count). The number of carbonyl (C=O) groups excluding carboxylic acids is 2. The molecule has 2 amide bonds. The summed E-state index contributed by atoms with van der Waals surface area (Å²) in [6.07, 6.45) is 1.57. The standard InChI is InChI=1S/C16H24N2O3/c1-4-12-8-7-9-13(5-2)14(12)17-15(20)16(21)18(6-3)10-11-19/h7-9,19H,4-6,10-11H2,1-3H3,(H,17,20). The Kier molecular flexibility index (Phi) is 6.88. The Morgan fingerprint density at radius 2 is 1.71 bits per heavy atom. The van der Waals surface area contributed by atoms with E-state index in [0.29, 0.717) is 6.54 Å².